The van der Waals surface area contributed by atoms with Gasteiger partial charge >= 0.3 is 0 Å². The standard InChI is InChI=1S/C10H10O/c1-2-4-9-5-3-6-10(7-9)8-11/h2-3,5-8H,1,4H2. The summed E-state index contributed by atoms with van der Waals surface area (Å²) in [5.74, 6) is 0. The fraction of sp³-hybridized carbons (Fsp3) is 0.100. The van der Waals surface area contributed by atoms with Crippen LogP contribution in [0.3, 0.4) is 0 Å². The van der Waals surface area contributed by atoms with Crippen LogP contribution in [0.25, 0.3) is 0 Å². The molecule has 0 aliphatic carbocycles. The lowest BCUT2D eigenvalue weighted by atomic mass is 10.1. The summed E-state index contributed by atoms with van der Waals surface area (Å²) in [6.07, 6.45) is 3.50. The Morgan fingerprint density at radius 3 is 2.91 bits per heavy atom. The van der Waals surface area contributed by atoms with E-state index >= 15 is 0 Å². The molecule has 1 aromatic carbocycles. The van der Waals surface area contributed by atoms with Crippen LogP contribution in [0.4, 0.5) is 0 Å². The average Bonchev–Trinajstić information content (AvgIpc) is 2.06. The Hall–Kier alpha value is -1.37. The van der Waals surface area contributed by atoms with Gasteiger partial charge in [0, 0.05) is 5.56 Å². The van der Waals surface area contributed by atoms with Crippen LogP contribution in [0.2, 0.25) is 0 Å². The summed E-state index contributed by atoms with van der Waals surface area (Å²) < 4.78 is 0. The molecular formula is C10H10O. The van der Waals surface area contributed by atoms with E-state index in [9.17, 15) is 4.79 Å². The smallest absolute Gasteiger partial charge is 0.150 e. The van der Waals surface area contributed by atoms with E-state index in [0.29, 0.717) is 0 Å². The predicted molar refractivity (Wildman–Crippen MR) is 45.7 cm³/mol. The van der Waals surface area contributed by atoms with Crippen molar-refractivity contribution in [1.82, 2.24) is 0 Å². The van der Waals surface area contributed by atoms with Gasteiger partial charge in [0.05, 0.1) is 0 Å². The Bertz CT molecular complexity index is 263. The number of benzene rings is 1. The highest BCUT2D eigenvalue weighted by molar-refractivity contribution is 5.74. The molecule has 1 heteroatoms. The Kier molecular flexibility index (Phi) is 2.61. The number of hydrogen-bond donors (Lipinski definition) is 0. The molecule has 0 bridgehead atoms. The molecule has 0 atom stereocenters. The summed E-state index contributed by atoms with van der Waals surface area (Å²) in [5.41, 5.74) is 1.86. The van der Waals surface area contributed by atoms with Crippen LogP contribution < -0.4 is 0 Å². The molecule has 0 heterocycles. The van der Waals surface area contributed by atoms with E-state index in [1.165, 1.54) is 0 Å². The molecule has 11 heavy (non-hydrogen) atoms. The van der Waals surface area contributed by atoms with Crippen molar-refractivity contribution < 1.29 is 4.79 Å². The third-order valence-corrected chi connectivity index (χ3v) is 1.47. The molecule has 1 aromatic rings. The van der Waals surface area contributed by atoms with E-state index in [1.54, 1.807) is 6.07 Å². The first kappa shape index (κ1) is 7.73. The zero-order chi connectivity index (χ0) is 8.10. The molecular weight excluding hydrogens is 136 g/mol. The maximum Gasteiger partial charge on any atom is 0.150 e. The van der Waals surface area contributed by atoms with Gasteiger partial charge < -0.3 is 0 Å². The normalized spacial score (nSPS) is 9.09. The molecule has 0 N–H and O–H groups in total. The molecule has 0 aromatic heterocycles. The fourth-order valence-electron chi connectivity index (χ4n) is 0.960. The minimum Gasteiger partial charge on any atom is -0.298 e. The molecule has 0 aliphatic rings. The summed E-state index contributed by atoms with van der Waals surface area (Å²) in [6, 6.07) is 7.52. The summed E-state index contributed by atoms with van der Waals surface area (Å²) in [6.45, 7) is 3.62. The van der Waals surface area contributed by atoms with Gasteiger partial charge in [0.2, 0.25) is 0 Å². The topological polar surface area (TPSA) is 17.1 Å². The molecule has 0 radical (unpaired) electrons. The lowest BCUT2D eigenvalue weighted by Gasteiger charge is -1.95. The van der Waals surface area contributed by atoms with Crippen molar-refractivity contribution in [3.8, 4) is 0 Å². The van der Waals surface area contributed by atoms with Gasteiger partial charge in [0.25, 0.3) is 0 Å². The SMILES string of the molecule is C=CCc1cccc(C=O)c1. The van der Waals surface area contributed by atoms with Crippen LogP contribution in [0, 0.1) is 0 Å². The second-order valence-corrected chi connectivity index (χ2v) is 2.36. The predicted octanol–water partition coefficient (Wildman–Crippen LogP) is 2.23. The number of carbonyl (C=O) groups excluding carboxylic acids is 1. The molecule has 1 nitrogen and oxygen atoms in total. The lowest BCUT2D eigenvalue weighted by molar-refractivity contribution is 0.112. The van der Waals surface area contributed by atoms with Gasteiger partial charge in [-0.05, 0) is 18.1 Å². The zero-order valence-electron chi connectivity index (χ0n) is 6.29. The van der Waals surface area contributed by atoms with Crippen molar-refractivity contribution in [2.24, 2.45) is 0 Å². The summed E-state index contributed by atoms with van der Waals surface area (Å²) in [5, 5.41) is 0. The first-order chi connectivity index (χ1) is 5.36. The largest absolute Gasteiger partial charge is 0.298 e. The number of rotatable bonds is 3. The second-order valence-electron chi connectivity index (χ2n) is 2.36. The average molecular weight is 146 g/mol. The highest BCUT2D eigenvalue weighted by Gasteiger charge is 1.90. The van der Waals surface area contributed by atoms with E-state index in [-0.39, 0.29) is 0 Å². The molecule has 0 saturated carbocycles. The van der Waals surface area contributed by atoms with Crippen LogP contribution in [0.5, 0.6) is 0 Å². The third kappa shape index (κ3) is 2.04. The molecule has 0 fully saturated rings. The fourth-order valence-corrected chi connectivity index (χ4v) is 0.960. The van der Waals surface area contributed by atoms with E-state index in [1.807, 2.05) is 24.3 Å². The Labute approximate surface area is 66.4 Å². The molecule has 1 rings (SSSR count). The maximum atomic E-state index is 10.3. The minimum absolute atomic E-state index is 0.726. The Morgan fingerprint density at radius 2 is 2.27 bits per heavy atom. The van der Waals surface area contributed by atoms with Gasteiger partial charge in [-0.3, -0.25) is 4.79 Å². The van der Waals surface area contributed by atoms with Crippen molar-refractivity contribution in [2.45, 2.75) is 6.42 Å². The minimum atomic E-state index is 0.726. The van der Waals surface area contributed by atoms with Gasteiger partial charge in [0.15, 0.2) is 0 Å². The molecule has 0 amide bonds. The second kappa shape index (κ2) is 3.71. The maximum absolute atomic E-state index is 10.3. The van der Waals surface area contributed by atoms with Crippen LogP contribution in [0.1, 0.15) is 15.9 Å². The van der Waals surface area contributed by atoms with Gasteiger partial charge in [-0.15, -0.1) is 6.58 Å². The van der Waals surface area contributed by atoms with Gasteiger partial charge in [0.1, 0.15) is 6.29 Å². The zero-order valence-corrected chi connectivity index (χ0v) is 6.29. The molecule has 0 aliphatic heterocycles. The van der Waals surface area contributed by atoms with Crippen molar-refractivity contribution >= 4 is 6.29 Å². The Morgan fingerprint density at radius 1 is 1.45 bits per heavy atom. The summed E-state index contributed by atoms with van der Waals surface area (Å²) >= 11 is 0. The van der Waals surface area contributed by atoms with E-state index in [4.69, 9.17) is 0 Å². The first-order valence-corrected chi connectivity index (χ1v) is 3.52. The third-order valence-electron chi connectivity index (χ3n) is 1.47. The Balaban J connectivity index is 2.90. The van der Waals surface area contributed by atoms with Crippen LogP contribution in [-0.2, 0) is 6.42 Å². The molecule has 56 valence electrons. The number of carbonyl (C=O) groups is 1. The quantitative estimate of drug-likeness (QED) is 0.472. The summed E-state index contributed by atoms with van der Waals surface area (Å²) in [4.78, 5) is 10.3. The van der Waals surface area contributed by atoms with Crippen molar-refractivity contribution in [3.05, 3.63) is 48.0 Å². The number of hydrogen-bond acceptors (Lipinski definition) is 1. The van der Waals surface area contributed by atoms with Gasteiger partial charge in [-0.25, -0.2) is 0 Å². The number of aldehydes is 1. The van der Waals surface area contributed by atoms with Crippen molar-refractivity contribution in [3.63, 3.8) is 0 Å². The van der Waals surface area contributed by atoms with Crippen molar-refractivity contribution in [2.75, 3.05) is 0 Å². The highest BCUT2D eigenvalue weighted by atomic mass is 16.1. The molecule has 0 spiro atoms. The van der Waals surface area contributed by atoms with Crippen LogP contribution in [-0.4, -0.2) is 6.29 Å². The first-order valence-electron chi connectivity index (χ1n) is 3.52. The molecule has 0 unspecified atom stereocenters. The summed E-state index contributed by atoms with van der Waals surface area (Å²) in [7, 11) is 0. The van der Waals surface area contributed by atoms with E-state index < -0.39 is 0 Å². The van der Waals surface area contributed by atoms with E-state index in [2.05, 4.69) is 6.58 Å². The lowest BCUT2D eigenvalue weighted by Crippen LogP contribution is -1.83. The van der Waals surface area contributed by atoms with Gasteiger partial charge in [-0.1, -0.05) is 24.3 Å². The van der Waals surface area contributed by atoms with E-state index in [0.717, 1.165) is 23.8 Å². The van der Waals surface area contributed by atoms with Crippen LogP contribution in [0.15, 0.2) is 36.9 Å². The highest BCUT2D eigenvalue weighted by Crippen LogP contribution is 2.03. The monoisotopic (exact) mass is 146 g/mol. The van der Waals surface area contributed by atoms with Gasteiger partial charge in [-0.2, -0.15) is 0 Å². The van der Waals surface area contributed by atoms with Crippen LogP contribution >= 0.6 is 0 Å². The van der Waals surface area contributed by atoms with Crippen molar-refractivity contribution in [1.29, 1.82) is 0 Å². The molecule has 0 saturated heterocycles. The number of allylic oxidation sites excluding steroid dienone is 1.